The lowest BCUT2D eigenvalue weighted by Crippen LogP contribution is -1.98. The predicted molar refractivity (Wildman–Crippen MR) is 53.0 cm³/mol. The predicted octanol–water partition coefficient (Wildman–Crippen LogP) is 2.78. The van der Waals surface area contributed by atoms with Gasteiger partial charge in [-0.1, -0.05) is 30.3 Å². The Hall–Kier alpha value is -1.41. The zero-order valence-electron chi connectivity index (χ0n) is 6.86. The van der Waals surface area contributed by atoms with Crippen LogP contribution in [0.4, 0.5) is 0 Å². The maximum atomic E-state index is 11.7. The number of hydrogen-bond acceptors (Lipinski definition) is 2. The Morgan fingerprint density at radius 1 is 1.15 bits per heavy atom. The minimum Gasteiger partial charge on any atom is -0.289 e. The number of rotatable bonds is 2. The van der Waals surface area contributed by atoms with Gasteiger partial charge < -0.3 is 0 Å². The first kappa shape index (κ1) is 8.20. The van der Waals surface area contributed by atoms with Crippen molar-refractivity contribution < 1.29 is 4.79 Å². The van der Waals surface area contributed by atoms with Crippen molar-refractivity contribution in [2.45, 2.75) is 0 Å². The molecule has 13 heavy (non-hydrogen) atoms. The van der Waals surface area contributed by atoms with Crippen LogP contribution in [0.2, 0.25) is 0 Å². The normalized spacial score (nSPS) is 9.85. The van der Waals surface area contributed by atoms with Crippen LogP contribution in [0.5, 0.6) is 0 Å². The molecule has 0 N–H and O–H groups in total. The standard InChI is InChI=1S/C11H7OS/c12-11(10-6-7-13-8-10)9-4-2-1-3-5-9/h1-7H. The summed E-state index contributed by atoms with van der Waals surface area (Å²) in [5.74, 6) is 0.0434. The Morgan fingerprint density at radius 2 is 1.92 bits per heavy atom. The highest BCUT2D eigenvalue weighted by atomic mass is 32.1. The van der Waals surface area contributed by atoms with Gasteiger partial charge in [-0.2, -0.15) is 0 Å². The van der Waals surface area contributed by atoms with E-state index in [1.54, 1.807) is 6.07 Å². The fourth-order valence-electron chi connectivity index (χ4n) is 1.10. The van der Waals surface area contributed by atoms with E-state index in [1.807, 2.05) is 35.7 Å². The van der Waals surface area contributed by atoms with Crippen molar-refractivity contribution in [3.05, 3.63) is 58.3 Å². The quantitative estimate of drug-likeness (QED) is 0.661. The first-order valence-corrected chi connectivity index (χ1v) is 4.81. The molecule has 0 aliphatic carbocycles. The number of carbonyl (C=O) groups excluding carboxylic acids is 1. The molecule has 0 spiro atoms. The summed E-state index contributed by atoms with van der Waals surface area (Å²) in [5.41, 5.74) is 1.37. The molecule has 0 amide bonds. The Labute approximate surface area is 80.7 Å². The van der Waals surface area contributed by atoms with Crippen LogP contribution in [0.3, 0.4) is 0 Å². The van der Waals surface area contributed by atoms with Gasteiger partial charge in [0.15, 0.2) is 5.78 Å². The number of hydrogen-bond donors (Lipinski definition) is 0. The highest BCUT2D eigenvalue weighted by molar-refractivity contribution is 7.07. The maximum absolute atomic E-state index is 11.7. The summed E-state index contributed by atoms with van der Waals surface area (Å²) in [6.45, 7) is 0. The van der Waals surface area contributed by atoms with E-state index in [9.17, 15) is 4.79 Å². The number of thiophene rings is 1. The molecule has 1 aromatic carbocycles. The van der Waals surface area contributed by atoms with Crippen LogP contribution >= 0.6 is 11.3 Å². The fraction of sp³-hybridized carbons (Fsp3) is 0. The van der Waals surface area contributed by atoms with E-state index < -0.39 is 0 Å². The van der Waals surface area contributed by atoms with Gasteiger partial charge in [0, 0.05) is 11.1 Å². The van der Waals surface area contributed by atoms with Gasteiger partial charge in [0.05, 0.1) is 5.38 Å². The average Bonchev–Trinajstić information content (AvgIpc) is 2.71. The average molecular weight is 187 g/mol. The van der Waals surface area contributed by atoms with Crippen molar-refractivity contribution in [3.63, 3.8) is 0 Å². The van der Waals surface area contributed by atoms with E-state index in [4.69, 9.17) is 0 Å². The molecule has 0 atom stereocenters. The minimum absolute atomic E-state index is 0.0434. The second kappa shape index (κ2) is 3.54. The van der Waals surface area contributed by atoms with Gasteiger partial charge in [0.1, 0.15) is 0 Å². The first-order valence-electron chi connectivity index (χ1n) is 3.93. The molecule has 1 radical (unpaired) electrons. The van der Waals surface area contributed by atoms with Gasteiger partial charge in [-0.05, 0) is 11.4 Å². The molecule has 1 heterocycles. The molecule has 0 aliphatic heterocycles. The Kier molecular flexibility index (Phi) is 2.23. The van der Waals surface area contributed by atoms with Crippen molar-refractivity contribution >= 4 is 17.1 Å². The molecule has 2 rings (SSSR count). The van der Waals surface area contributed by atoms with E-state index in [1.165, 1.54) is 11.3 Å². The molecule has 0 saturated carbocycles. The summed E-state index contributed by atoms with van der Waals surface area (Å²) in [5, 5.41) is 4.78. The van der Waals surface area contributed by atoms with Gasteiger partial charge >= 0.3 is 0 Å². The van der Waals surface area contributed by atoms with E-state index >= 15 is 0 Å². The molecular weight excluding hydrogens is 180 g/mol. The topological polar surface area (TPSA) is 17.1 Å². The third-order valence-electron chi connectivity index (χ3n) is 1.75. The van der Waals surface area contributed by atoms with Crippen LogP contribution in [0.1, 0.15) is 15.9 Å². The monoisotopic (exact) mass is 187 g/mol. The Morgan fingerprint density at radius 3 is 2.54 bits per heavy atom. The van der Waals surface area contributed by atoms with Crippen molar-refractivity contribution in [1.82, 2.24) is 0 Å². The molecule has 1 aromatic heterocycles. The van der Waals surface area contributed by atoms with Gasteiger partial charge in [-0.25, -0.2) is 0 Å². The van der Waals surface area contributed by atoms with Crippen LogP contribution in [-0.4, -0.2) is 5.78 Å². The van der Waals surface area contributed by atoms with Crippen LogP contribution in [0, 0.1) is 5.38 Å². The highest BCUT2D eigenvalue weighted by Crippen LogP contribution is 2.11. The summed E-state index contributed by atoms with van der Waals surface area (Å²) in [6.07, 6.45) is 0. The largest absolute Gasteiger partial charge is 0.289 e. The summed E-state index contributed by atoms with van der Waals surface area (Å²) in [4.78, 5) is 11.7. The summed E-state index contributed by atoms with van der Waals surface area (Å²) in [6, 6.07) is 11.0. The van der Waals surface area contributed by atoms with Crippen LogP contribution < -0.4 is 0 Å². The smallest absolute Gasteiger partial charge is 0.194 e. The molecule has 0 saturated heterocycles. The van der Waals surface area contributed by atoms with E-state index in [0.29, 0.717) is 5.56 Å². The van der Waals surface area contributed by atoms with Crippen LogP contribution in [0.25, 0.3) is 0 Å². The van der Waals surface area contributed by atoms with E-state index in [-0.39, 0.29) is 5.78 Å². The van der Waals surface area contributed by atoms with Crippen LogP contribution in [-0.2, 0) is 0 Å². The van der Waals surface area contributed by atoms with Gasteiger partial charge in [0.2, 0.25) is 0 Å². The van der Waals surface area contributed by atoms with Crippen LogP contribution in [0.15, 0.2) is 41.8 Å². The molecule has 0 bridgehead atoms. The summed E-state index contributed by atoms with van der Waals surface area (Å²) in [7, 11) is 0. The van der Waals surface area contributed by atoms with Gasteiger partial charge in [-0.3, -0.25) is 4.79 Å². The second-order valence-corrected chi connectivity index (χ2v) is 3.34. The van der Waals surface area contributed by atoms with Gasteiger partial charge in [0.25, 0.3) is 0 Å². The molecule has 1 nitrogen and oxygen atoms in total. The number of benzene rings is 1. The van der Waals surface area contributed by atoms with Crippen molar-refractivity contribution in [2.24, 2.45) is 0 Å². The number of ketones is 1. The Balaban J connectivity index is 2.34. The van der Waals surface area contributed by atoms with Crippen molar-refractivity contribution in [1.29, 1.82) is 0 Å². The SMILES string of the molecule is O=C(c1[c]scc1)c1ccccc1. The van der Waals surface area contributed by atoms with Crippen molar-refractivity contribution in [3.8, 4) is 0 Å². The maximum Gasteiger partial charge on any atom is 0.194 e. The molecular formula is C11H7OS. The van der Waals surface area contributed by atoms with Gasteiger partial charge in [-0.15, -0.1) is 11.3 Å². The second-order valence-electron chi connectivity index (χ2n) is 2.63. The lowest BCUT2D eigenvalue weighted by Gasteiger charge is -1.95. The zero-order chi connectivity index (χ0) is 9.10. The third-order valence-corrected chi connectivity index (χ3v) is 2.36. The molecule has 0 fully saturated rings. The highest BCUT2D eigenvalue weighted by Gasteiger charge is 2.07. The lowest BCUT2D eigenvalue weighted by molar-refractivity contribution is 0.103. The van der Waals surface area contributed by atoms with E-state index in [0.717, 1.165) is 5.56 Å². The lowest BCUT2D eigenvalue weighted by atomic mass is 10.1. The number of carbonyl (C=O) groups is 1. The molecule has 2 aromatic rings. The fourth-order valence-corrected chi connectivity index (χ4v) is 1.66. The first-order chi connectivity index (χ1) is 6.38. The minimum atomic E-state index is 0.0434. The molecule has 0 unspecified atom stereocenters. The third kappa shape index (κ3) is 1.68. The Bertz CT molecular complexity index is 389. The molecule has 63 valence electrons. The summed E-state index contributed by atoms with van der Waals surface area (Å²) >= 11 is 1.42. The summed E-state index contributed by atoms with van der Waals surface area (Å²) < 4.78 is 0. The zero-order valence-corrected chi connectivity index (χ0v) is 7.67. The van der Waals surface area contributed by atoms with E-state index in [2.05, 4.69) is 5.38 Å². The molecule has 0 aliphatic rings. The molecule has 2 heteroatoms. The van der Waals surface area contributed by atoms with Crippen molar-refractivity contribution in [2.75, 3.05) is 0 Å².